The number of esters is 1. The molecule has 0 radical (unpaired) electrons. The molecule has 3 aromatic rings. The predicted octanol–water partition coefficient (Wildman–Crippen LogP) is 4.05. The van der Waals surface area contributed by atoms with Gasteiger partial charge in [-0.3, -0.25) is 19.5 Å². The van der Waals surface area contributed by atoms with Gasteiger partial charge in [-0.25, -0.2) is 9.78 Å². The van der Waals surface area contributed by atoms with Crippen molar-refractivity contribution in [3.8, 4) is 5.75 Å². The van der Waals surface area contributed by atoms with Gasteiger partial charge >= 0.3 is 11.9 Å². The number of ether oxygens (including phenoxy) is 2. The number of benzene rings is 1. The number of thiazole rings is 1. The molecule has 1 saturated heterocycles. The van der Waals surface area contributed by atoms with Crippen LogP contribution >= 0.6 is 11.3 Å². The monoisotopic (exact) mass is 493 g/mol. The summed E-state index contributed by atoms with van der Waals surface area (Å²) in [6.45, 7) is 4.17. The van der Waals surface area contributed by atoms with E-state index in [1.807, 2.05) is 6.92 Å². The first kappa shape index (κ1) is 24.1. The van der Waals surface area contributed by atoms with Gasteiger partial charge in [-0.1, -0.05) is 30.4 Å². The summed E-state index contributed by atoms with van der Waals surface area (Å²) in [7, 11) is 1.25. The number of aryl methyl sites for hydroxylation is 1. The molecule has 1 aromatic carbocycles. The van der Waals surface area contributed by atoms with E-state index in [1.165, 1.54) is 24.4 Å². The molecule has 0 saturated carbocycles. The third-order valence-electron chi connectivity index (χ3n) is 5.43. The van der Waals surface area contributed by atoms with Gasteiger partial charge in [-0.05, 0) is 43.2 Å². The van der Waals surface area contributed by atoms with E-state index in [-0.39, 0.29) is 21.3 Å². The first-order valence-electron chi connectivity index (χ1n) is 10.9. The number of hydrogen-bond donors (Lipinski definition) is 1. The number of pyridine rings is 1. The molecule has 3 heterocycles. The van der Waals surface area contributed by atoms with Crippen LogP contribution < -0.4 is 9.64 Å². The van der Waals surface area contributed by atoms with Gasteiger partial charge in [0, 0.05) is 18.0 Å². The highest BCUT2D eigenvalue weighted by Crippen LogP contribution is 2.44. The van der Waals surface area contributed by atoms with Crippen molar-refractivity contribution in [3.05, 3.63) is 76.1 Å². The van der Waals surface area contributed by atoms with Gasteiger partial charge in [-0.2, -0.15) is 0 Å². The Morgan fingerprint density at radius 2 is 1.83 bits per heavy atom. The lowest BCUT2D eigenvalue weighted by Gasteiger charge is -2.23. The minimum absolute atomic E-state index is 0.0871. The summed E-state index contributed by atoms with van der Waals surface area (Å²) in [4.78, 5) is 48.4. The largest absolute Gasteiger partial charge is 0.507 e. The van der Waals surface area contributed by atoms with Crippen LogP contribution in [0.25, 0.3) is 5.76 Å². The Bertz CT molecular complexity index is 1300. The third-order valence-corrected chi connectivity index (χ3v) is 6.57. The summed E-state index contributed by atoms with van der Waals surface area (Å²) in [6, 6.07) is 9.06. The molecule has 0 spiro atoms. The Balaban J connectivity index is 1.87. The Kier molecular flexibility index (Phi) is 6.92. The van der Waals surface area contributed by atoms with Crippen molar-refractivity contribution in [2.24, 2.45) is 0 Å². The summed E-state index contributed by atoms with van der Waals surface area (Å²) < 4.78 is 10.5. The normalized spacial score (nSPS) is 17.0. The zero-order valence-corrected chi connectivity index (χ0v) is 20.2. The smallest absolute Gasteiger partial charge is 0.350 e. The number of hydrogen-bond acceptors (Lipinski definition) is 9. The number of amides is 1. The Hall–Kier alpha value is -4.05. The van der Waals surface area contributed by atoms with E-state index < -0.39 is 23.7 Å². The van der Waals surface area contributed by atoms with Crippen LogP contribution in [0, 0.1) is 6.92 Å². The number of Topliss-reactive ketones (excluding diaryl/α,β-unsaturated/α-hetero) is 1. The first-order valence-corrected chi connectivity index (χ1v) is 11.7. The van der Waals surface area contributed by atoms with Crippen molar-refractivity contribution < 1.29 is 29.0 Å². The van der Waals surface area contributed by atoms with E-state index in [9.17, 15) is 19.5 Å². The van der Waals surface area contributed by atoms with E-state index in [2.05, 4.69) is 9.97 Å². The van der Waals surface area contributed by atoms with Gasteiger partial charge in [-0.15, -0.1) is 0 Å². The zero-order valence-electron chi connectivity index (χ0n) is 19.3. The van der Waals surface area contributed by atoms with Crippen molar-refractivity contribution in [1.82, 2.24) is 9.97 Å². The highest BCUT2D eigenvalue weighted by molar-refractivity contribution is 7.17. The number of ketones is 1. The SMILES string of the molecule is CCCOc1ccc(C2C(=C(O)c3ccncc3)C(=O)C(=O)N2c2nc(C)c(C(=O)OC)s2)cc1. The van der Waals surface area contributed by atoms with Crippen molar-refractivity contribution in [2.75, 3.05) is 18.6 Å². The van der Waals surface area contributed by atoms with Crippen molar-refractivity contribution in [2.45, 2.75) is 26.3 Å². The molecule has 1 aliphatic rings. The molecule has 10 heteroatoms. The van der Waals surface area contributed by atoms with Crippen LogP contribution in [0.15, 0.2) is 54.4 Å². The number of aliphatic hydroxyl groups is 1. The molecule has 180 valence electrons. The van der Waals surface area contributed by atoms with Crippen LogP contribution in [0.3, 0.4) is 0 Å². The number of anilines is 1. The van der Waals surface area contributed by atoms with E-state index in [0.717, 1.165) is 17.8 Å². The maximum absolute atomic E-state index is 13.2. The number of rotatable bonds is 7. The molecule has 1 amide bonds. The van der Waals surface area contributed by atoms with Crippen LogP contribution in [0.1, 0.15) is 45.9 Å². The average Bonchev–Trinajstić information content (AvgIpc) is 3.39. The molecule has 1 fully saturated rings. The predicted molar refractivity (Wildman–Crippen MR) is 129 cm³/mol. The fourth-order valence-corrected chi connectivity index (χ4v) is 4.76. The average molecular weight is 494 g/mol. The van der Waals surface area contributed by atoms with Crippen molar-refractivity contribution in [1.29, 1.82) is 0 Å². The van der Waals surface area contributed by atoms with E-state index in [0.29, 0.717) is 29.2 Å². The van der Waals surface area contributed by atoms with Crippen LogP contribution in [0.2, 0.25) is 0 Å². The number of nitrogens with zero attached hydrogens (tertiary/aromatic N) is 3. The summed E-state index contributed by atoms with van der Waals surface area (Å²) in [5.74, 6) is -2.00. The maximum Gasteiger partial charge on any atom is 0.350 e. The minimum Gasteiger partial charge on any atom is -0.507 e. The molecule has 1 aliphatic heterocycles. The molecule has 1 N–H and O–H groups in total. The topological polar surface area (TPSA) is 119 Å². The third kappa shape index (κ3) is 4.52. The Labute approximate surface area is 205 Å². The van der Waals surface area contributed by atoms with Gasteiger partial charge in [0.2, 0.25) is 0 Å². The summed E-state index contributed by atoms with van der Waals surface area (Å²) in [6.07, 6.45) is 3.80. The molecule has 2 aromatic heterocycles. The van der Waals surface area contributed by atoms with Crippen LogP contribution in [-0.4, -0.2) is 46.5 Å². The Morgan fingerprint density at radius 3 is 2.46 bits per heavy atom. The second kappa shape index (κ2) is 10.1. The lowest BCUT2D eigenvalue weighted by atomic mass is 9.95. The van der Waals surface area contributed by atoms with Gasteiger partial charge in [0.1, 0.15) is 16.4 Å². The molecule has 35 heavy (non-hydrogen) atoms. The van der Waals surface area contributed by atoms with E-state index >= 15 is 0 Å². The second-order valence-corrected chi connectivity index (χ2v) is 8.70. The van der Waals surface area contributed by atoms with E-state index in [1.54, 1.807) is 43.3 Å². The van der Waals surface area contributed by atoms with Gasteiger partial charge in [0.05, 0.1) is 31.0 Å². The molecule has 4 rings (SSSR count). The lowest BCUT2D eigenvalue weighted by molar-refractivity contribution is -0.132. The second-order valence-electron chi connectivity index (χ2n) is 7.73. The van der Waals surface area contributed by atoms with Crippen molar-refractivity contribution in [3.63, 3.8) is 0 Å². The molecular weight excluding hydrogens is 470 g/mol. The zero-order chi connectivity index (χ0) is 25.1. The molecule has 0 aliphatic carbocycles. The van der Waals surface area contributed by atoms with Crippen molar-refractivity contribution >= 4 is 39.9 Å². The van der Waals surface area contributed by atoms with Crippen LogP contribution in [-0.2, 0) is 14.3 Å². The lowest BCUT2D eigenvalue weighted by Crippen LogP contribution is -2.29. The number of aromatic nitrogens is 2. The van der Waals surface area contributed by atoms with Gasteiger partial charge in [0.15, 0.2) is 5.13 Å². The Morgan fingerprint density at radius 1 is 1.14 bits per heavy atom. The first-order chi connectivity index (χ1) is 16.9. The highest BCUT2D eigenvalue weighted by atomic mass is 32.1. The van der Waals surface area contributed by atoms with E-state index in [4.69, 9.17) is 9.47 Å². The quantitative estimate of drug-likeness (QED) is 0.227. The summed E-state index contributed by atoms with van der Waals surface area (Å²) >= 11 is 0.946. The van der Waals surface area contributed by atoms with Gasteiger partial charge < -0.3 is 14.6 Å². The number of carbonyl (C=O) groups excluding carboxylic acids is 3. The summed E-state index contributed by atoms with van der Waals surface area (Å²) in [5, 5.41) is 11.2. The number of aliphatic hydroxyl groups excluding tert-OH is 1. The number of methoxy groups -OCH3 is 1. The molecule has 0 bridgehead atoms. The fraction of sp³-hybridized carbons (Fsp3) is 0.240. The van der Waals surface area contributed by atoms with Crippen LogP contribution in [0.5, 0.6) is 5.75 Å². The van der Waals surface area contributed by atoms with Crippen LogP contribution in [0.4, 0.5) is 5.13 Å². The molecule has 9 nitrogen and oxygen atoms in total. The highest BCUT2D eigenvalue weighted by Gasteiger charge is 2.48. The molecular formula is C25H23N3O6S. The van der Waals surface area contributed by atoms with Gasteiger partial charge in [0.25, 0.3) is 5.78 Å². The number of carbonyl (C=O) groups is 3. The molecule has 1 atom stereocenters. The summed E-state index contributed by atoms with van der Waals surface area (Å²) in [5.41, 5.74) is 1.19. The fourth-order valence-electron chi connectivity index (χ4n) is 3.74. The molecule has 1 unspecified atom stereocenters. The maximum atomic E-state index is 13.2. The minimum atomic E-state index is -0.973. The standard InChI is InChI=1S/C25H23N3O6S/c1-4-13-34-17-7-5-15(6-8-17)19-18(20(29)16-9-11-26-12-10-16)21(30)23(31)28(19)25-27-14(2)22(35-25)24(32)33-3/h5-12,19,29H,4,13H2,1-3H3.